The number of anilines is 1. The van der Waals surface area contributed by atoms with Gasteiger partial charge < -0.3 is 5.73 Å². The van der Waals surface area contributed by atoms with Crippen molar-refractivity contribution in [2.24, 2.45) is 0 Å². The Hall–Kier alpha value is -0.570. The Morgan fingerprint density at radius 3 is 1.90 bits per heavy atom. The van der Waals surface area contributed by atoms with E-state index in [1.165, 1.54) is 11.3 Å². The van der Waals surface area contributed by atoms with Crippen molar-refractivity contribution in [3.8, 4) is 0 Å². The predicted molar refractivity (Wildman–Crippen MR) is 49.2 cm³/mol. The second-order valence-corrected chi connectivity index (χ2v) is 1.80. The minimum atomic E-state index is 0.634. The van der Waals surface area contributed by atoms with E-state index in [2.05, 4.69) is 4.98 Å². The van der Waals surface area contributed by atoms with Crippen molar-refractivity contribution >= 4 is 16.5 Å². The minimum Gasteiger partial charge on any atom is -0.375 e. The fourth-order valence-corrected chi connectivity index (χ4v) is 0.617. The highest BCUT2D eigenvalue weighted by molar-refractivity contribution is 7.13. The SMILES string of the molecule is CC.CC.Nc1nccs1. The average Bonchev–Trinajstić information content (AvgIpc) is 2.48. The molecule has 0 aliphatic heterocycles. The van der Waals surface area contributed by atoms with Crippen LogP contribution in [0.25, 0.3) is 0 Å². The van der Waals surface area contributed by atoms with Gasteiger partial charge in [-0.05, 0) is 0 Å². The van der Waals surface area contributed by atoms with E-state index >= 15 is 0 Å². The lowest BCUT2D eigenvalue weighted by Gasteiger charge is -1.67. The highest BCUT2D eigenvalue weighted by Crippen LogP contribution is 2.02. The van der Waals surface area contributed by atoms with E-state index in [0.29, 0.717) is 5.13 Å². The van der Waals surface area contributed by atoms with Gasteiger partial charge in [0.15, 0.2) is 5.13 Å². The van der Waals surface area contributed by atoms with Gasteiger partial charge in [-0.25, -0.2) is 4.98 Å². The summed E-state index contributed by atoms with van der Waals surface area (Å²) in [4.78, 5) is 3.71. The molecule has 3 heteroatoms. The molecule has 0 aliphatic carbocycles. The van der Waals surface area contributed by atoms with Gasteiger partial charge in [0.25, 0.3) is 0 Å². The molecule has 60 valence electrons. The van der Waals surface area contributed by atoms with Crippen LogP contribution in [0.2, 0.25) is 0 Å². The molecule has 0 unspecified atom stereocenters. The Morgan fingerprint density at radius 1 is 1.30 bits per heavy atom. The summed E-state index contributed by atoms with van der Waals surface area (Å²) in [7, 11) is 0. The van der Waals surface area contributed by atoms with Gasteiger partial charge >= 0.3 is 0 Å². The first-order valence-electron chi connectivity index (χ1n) is 3.54. The number of nitrogens with two attached hydrogens (primary N) is 1. The molecule has 1 rings (SSSR count). The van der Waals surface area contributed by atoms with E-state index in [1.807, 2.05) is 33.1 Å². The molecule has 0 fully saturated rings. The van der Waals surface area contributed by atoms with Crippen LogP contribution in [-0.4, -0.2) is 4.98 Å². The summed E-state index contributed by atoms with van der Waals surface area (Å²) in [6.07, 6.45) is 1.68. The molecule has 1 aromatic rings. The van der Waals surface area contributed by atoms with Crippen molar-refractivity contribution in [2.45, 2.75) is 27.7 Å². The van der Waals surface area contributed by atoms with Crippen LogP contribution in [0.4, 0.5) is 5.13 Å². The molecule has 0 aromatic carbocycles. The monoisotopic (exact) mass is 160 g/mol. The molecule has 0 bridgehead atoms. The molecular weight excluding hydrogens is 144 g/mol. The average molecular weight is 160 g/mol. The Morgan fingerprint density at radius 2 is 1.80 bits per heavy atom. The molecule has 1 aromatic heterocycles. The lowest BCUT2D eigenvalue weighted by atomic mass is 11.0. The van der Waals surface area contributed by atoms with Gasteiger partial charge in [0.05, 0.1) is 0 Å². The van der Waals surface area contributed by atoms with Crippen LogP contribution in [0.5, 0.6) is 0 Å². The van der Waals surface area contributed by atoms with Crippen molar-refractivity contribution in [3.05, 3.63) is 11.6 Å². The van der Waals surface area contributed by atoms with Gasteiger partial charge in [0, 0.05) is 11.6 Å². The van der Waals surface area contributed by atoms with Gasteiger partial charge in [0.1, 0.15) is 0 Å². The summed E-state index contributed by atoms with van der Waals surface area (Å²) in [5.74, 6) is 0. The fourth-order valence-electron chi connectivity index (χ4n) is 0.234. The van der Waals surface area contributed by atoms with Crippen LogP contribution in [0.1, 0.15) is 27.7 Å². The van der Waals surface area contributed by atoms with Crippen molar-refractivity contribution in [1.82, 2.24) is 4.98 Å². The Labute approximate surface area is 67.1 Å². The highest BCUT2D eigenvalue weighted by atomic mass is 32.1. The first kappa shape index (κ1) is 12.1. The molecule has 2 nitrogen and oxygen atoms in total. The standard InChI is InChI=1S/C3H4N2S.2C2H6/c4-3-5-1-2-6-3;2*1-2/h1-2H,(H2,4,5);2*1-2H3. The van der Waals surface area contributed by atoms with E-state index in [-0.39, 0.29) is 0 Å². The zero-order valence-electron chi connectivity index (χ0n) is 7.09. The fraction of sp³-hybridized carbons (Fsp3) is 0.571. The summed E-state index contributed by atoms with van der Waals surface area (Å²) in [6, 6.07) is 0. The molecule has 0 amide bonds. The molecule has 10 heavy (non-hydrogen) atoms. The van der Waals surface area contributed by atoms with E-state index in [1.54, 1.807) is 6.20 Å². The maximum absolute atomic E-state index is 5.19. The highest BCUT2D eigenvalue weighted by Gasteiger charge is 1.76. The molecule has 0 atom stereocenters. The predicted octanol–water partition coefficient (Wildman–Crippen LogP) is 2.78. The number of nitrogens with zero attached hydrogens (tertiary/aromatic N) is 1. The van der Waals surface area contributed by atoms with E-state index < -0.39 is 0 Å². The second kappa shape index (κ2) is 11.3. The van der Waals surface area contributed by atoms with Gasteiger partial charge in [-0.1, -0.05) is 27.7 Å². The summed E-state index contributed by atoms with van der Waals surface area (Å²) in [5, 5.41) is 2.48. The molecule has 1 heterocycles. The third-order valence-electron chi connectivity index (χ3n) is 0.451. The number of nitrogen functional groups attached to an aromatic ring is 1. The molecular formula is C7H16N2S. The maximum Gasteiger partial charge on any atom is 0.179 e. The molecule has 0 spiro atoms. The Bertz CT molecular complexity index is 115. The van der Waals surface area contributed by atoms with Gasteiger partial charge in [0.2, 0.25) is 0 Å². The summed E-state index contributed by atoms with van der Waals surface area (Å²) < 4.78 is 0. The number of hydrogen-bond donors (Lipinski definition) is 1. The maximum atomic E-state index is 5.19. The third-order valence-corrected chi connectivity index (χ3v) is 1.06. The molecule has 0 saturated carbocycles. The second-order valence-electron chi connectivity index (χ2n) is 0.870. The zero-order chi connectivity index (χ0) is 8.41. The zero-order valence-corrected chi connectivity index (χ0v) is 7.90. The number of hydrogen-bond acceptors (Lipinski definition) is 3. The number of thiazole rings is 1. The quantitative estimate of drug-likeness (QED) is 0.634. The normalized spacial score (nSPS) is 6.40. The lowest BCUT2D eigenvalue weighted by molar-refractivity contribution is 1.43. The molecule has 0 saturated heterocycles. The smallest absolute Gasteiger partial charge is 0.179 e. The Balaban J connectivity index is 0. The van der Waals surface area contributed by atoms with E-state index in [0.717, 1.165) is 0 Å². The van der Waals surface area contributed by atoms with Gasteiger partial charge in [-0.2, -0.15) is 0 Å². The van der Waals surface area contributed by atoms with Crippen LogP contribution >= 0.6 is 11.3 Å². The van der Waals surface area contributed by atoms with E-state index in [4.69, 9.17) is 5.73 Å². The first-order valence-corrected chi connectivity index (χ1v) is 4.42. The van der Waals surface area contributed by atoms with Gasteiger partial charge in [-0.3, -0.25) is 0 Å². The Kier molecular flexibility index (Phi) is 13.7. The van der Waals surface area contributed by atoms with Crippen molar-refractivity contribution < 1.29 is 0 Å². The third kappa shape index (κ3) is 7.43. The van der Waals surface area contributed by atoms with Crippen LogP contribution in [0.3, 0.4) is 0 Å². The van der Waals surface area contributed by atoms with Crippen LogP contribution in [-0.2, 0) is 0 Å². The molecule has 0 radical (unpaired) electrons. The van der Waals surface area contributed by atoms with E-state index in [9.17, 15) is 0 Å². The first-order chi connectivity index (χ1) is 4.89. The summed E-state index contributed by atoms with van der Waals surface area (Å²) >= 11 is 1.44. The largest absolute Gasteiger partial charge is 0.375 e. The van der Waals surface area contributed by atoms with Crippen LogP contribution in [0, 0.1) is 0 Å². The molecule has 0 aliphatic rings. The van der Waals surface area contributed by atoms with Crippen molar-refractivity contribution in [1.29, 1.82) is 0 Å². The van der Waals surface area contributed by atoms with Gasteiger partial charge in [-0.15, -0.1) is 11.3 Å². The summed E-state index contributed by atoms with van der Waals surface area (Å²) in [5.41, 5.74) is 5.19. The topological polar surface area (TPSA) is 38.9 Å². The van der Waals surface area contributed by atoms with Crippen molar-refractivity contribution in [2.75, 3.05) is 5.73 Å². The number of rotatable bonds is 0. The van der Waals surface area contributed by atoms with Crippen LogP contribution < -0.4 is 5.73 Å². The van der Waals surface area contributed by atoms with Crippen LogP contribution in [0.15, 0.2) is 11.6 Å². The lowest BCUT2D eigenvalue weighted by Crippen LogP contribution is -1.77. The molecule has 2 N–H and O–H groups in total. The minimum absolute atomic E-state index is 0.634. The van der Waals surface area contributed by atoms with Crippen molar-refractivity contribution in [3.63, 3.8) is 0 Å². The summed E-state index contributed by atoms with van der Waals surface area (Å²) in [6.45, 7) is 8.00. The number of aromatic nitrogens is 1.